The summed E-state index contributed by atoms with van der Waals surface area (Å²) >= 11 is 0. The molecule has 0 radical (unpaired) electrons. The third kappa shape index (κ3) is 3.14. The molecule has 0 atom stereocenters. The molecule has 0 aliphatic carbocycles. The number of rotatable bonds is 3. The SMILES string of the molecule is CCc1ccc(-c2ccc(-c3ccc4c(F)c(C#N)c(F)cc4c3)cc2)cc1. The van der Waals surface area contributed by atoms with E-state index < -0.39 is 17.2 Å². The predicted octanol–water partition coefficient (Wildman–Crippen LogP) is 6.89. The van der Waals surface area contributed by atoms with Gasteiger partial charge < -0.3 is 0 Å². The fraction of sp³-hybridized carbons (Fsp3) is 0.0800. The fourth-order valence-corrected chi connectivity index (χ4v) is 3.40. The van der Waals surface area contributed by atoms with Gasteiger partial charge in [-0.2, -0.15) is 5.26 Å². The van der Waals surface area contributed by atoms with Gasteiger partial charge in [0.2, 0.25) is 0 Å². The van der Waals surface area contributed by atoms with E-state index in [0.29, 0.717) is 5.39 Å². The minimum Gasteiger partial charge on any atom is -0.205 e. The zero-order chi connectivity index (χ0) is 19.7. The fourth-order valence-electron chi connectivity index (χ4n) is 3.40. The maximum Gasteiger partial charge on any atom is 0.151 e. The summed E-state index contributed by atoms with van der Waals surface area (Å²) in [7, 11) is 0. The molecular weight excluding hydrogens is 352 g/mol. The van der Waals surface area contributed by atoms with E-state index in [2.05, 4.69) is 31.2 Å². The molecule has 0 saturated heterocycles. The first-order valence-electron chi connectivity index (χ1n) is 9.12. The number of benzene rings is 4. The third-order valence-electron chi connectivity index (χ3n) is 5.05. The van der Waals surface area contributed by atoms with Gasteiger partial charge in [-0.3, -0.25) is 0 Å². The summed E-state index contributed by atoms with van der Waals surface area (Å²) in [6.45, 7) is 2.13. The second kappa shape index (κ2) is 7.25. The van der Waals surface area contributed by atoms with Crippen LogP contribution in [0.15, 0.2) is 72.8 Å². The van der Waals surface area contributed by atoms with Crippen LogP contribution in [0.1, 0.15) is 18.1 Å². The lowest BCUT2D eigenvalue weighted by Crippen LogP contribution is -1.92. The van der Waals surface area contributed by atoms with Crippen LogP contribution in [0.4, 0.5) is 8.78 Å². The molecule has 0 fully saturated rings. The van der Waals surface area contributed by atoms with Gasteiger partial charge in [0.1, 0.15) is 17.4 Å². The summed E-state index contributed by atoms with van der Waals surface area (Å²) in [5.74, 6) is -1.65. The van der Waals surface area contributed by atoms with E-state index in [1.54, 1.807) is 24.3 Å². The number of nitrogens with zero attached hydrogens (tertiary/aromatic N) is 1. The monoisotopic (exact) mass is 369 g/mol. The molecule has 0 aromatic heterocycles. The largest absolute Gasteiger partial charge is 0.205 e. The molecule has 0 bridgehead atoms. The Morgan fingerprint density at radius 3 is 1.86 bits per heavy atom. The van der Waals surface area contributed by atoms with E-state index >= 15 is 0 Å². The van der Waals surface area contributed by atoms with Crippen molar-refractivity contribution in [2.75, 3.05) is 0 Å². The van der Waals surface area contributed by atoms with Gasteiger partial charge in [-0.15, -0.1) is 0 Å². The third-order valence-corrected chi connectivity index (χ3v) is 5.05. The molecule has 3 heteroatoms. The molecule has 4 aromatic carbocycles. The van der Waals surface area contributed by atoms with E-state index in [1.807, 2.05) is 24.3 Å². The zero-order valence-corrected chi connectivity index (χ0v) is 15.3. The summed E-state index contributed by atoms with van der Waals surface area (Å²) in [6, 6.07) is 24.5. The van der Waals surface area contributed by atoms with Crippen LogP contribution in [0.3, 0.4) is 0 Å². The Hall–Kier alpha value is -3.51. The molecule has 0 aliphatic rings. The van der Waals surface area contributed by atoms with Crippen molar-refractivity contribution in [2.24, 2.45) is 0 Å². The van der Waals surface area contributed by atoms with Crippen molar-refractivity contribution in [3.8, 4) is 28.3 Å². The van der Waals surface area contributed by atoms with Crippen molar-refractivity contribution in [1.82, 2.24) is 0 Å². The minimum absolute atomic E-state index is 0.245. The summed E-state index contributed by atoms with van der Waals surface area (Å²) < 4.78 is 28.2. The van der Waals surface area contributed by atoms with Crippen LogP contribution in [0.2, 0.25) is 0 Å². The Bertz CT molecular complexity index is 1200. The molecule has 0 spiro atoms. The zero-order valence-electron chi connectivity index (χ0n) is 15.3. The number of hydrogen-bond acceptors (Lipinski definition) is 1. The molecule has 0 aliphatic heterocycles. The van der Waals surface area contributed by atoms with Gasteiger partial charge in [0, 0.05) is 5.39 Å². The molecule has 1 nitrogen and oxygen atoms in total. The maximum absolute atomic E-state index is 14.3. The first-order valence-corrected chi connectivity index (χ1v) is 9.12. The average Bonchev–Trinajstić information content (AvgIpc) is 2.74. The van der Waals surface area contributed by atoms with Gasteiger partial charge in [-0.1, -0.05) is 67.6 Å². The van der Waals surface area contributed by atoms with E-state index in [-0.39, 0.29) is 5.39 Å². The molecule has 0 saturated carbocycles. The smallest absolute Gasteiger partial charge is 0.151 e. The van der Waals surface area contributed by atoms with E-state index in [1.165, 1.54) is 11.6 Å². The highest BCUT2D eigenvalue weighted by molar-refractivity contribution is 5.89. The Balaban J connectivity index is 1.70. The minimum atomic E-state index is -0.837. The van der Waals surface area contributed by atoms with Crippen molar-refractivity contribution in [3.05, 3.63) is 95.6 Å². The first kappa shape index (κ1) is 17.9. The second-order valence-electron chi connectivity index (χ2n) is 6.72. The molecule has 4 rings (SSSR count). The van der Waals surface area contributed by atoms with Crippen molar-refractivity contribution < 1.29 is 8.78 Å². The van der Waals surface area contributed by atoms with Crippen molar-refractivity contribution in [2.45, 2.75) is 13.3 Å². The van der Waals surface area contributed by atoms with Gasteiger partial charge >= 0.3 is 0 Å². The molecule has 0 heterocycles. The van der Waals surface area contributed by atoms with Gasteiger partial charge in [-0.05, 0) is 51.8 Å². The highest BCUT2D eigenvalue weighted by Gasteiger charge is 2.14. The summed E-state index contributed by atoms with van der Waals surface area (Å²) in [6.07, 6.45) is 1.01. The van der Waals surface area contributed by atoms with Crippen LogP contribution in [-0.2, 0) is 6.42 Å². The van der Waals surface area contributed by atoms with Crippen LogP contribution in [-0.4, -0.2) is 0 Å². The lowest BCUT2D eigenvalue weighted by atomic mass is 9.97. The summed E-state index contributed by atoms with van der Waals surface area (Å²) in [4.78, 5) is 0. The van der Waals surface area contributed by atoms with Gasteiger partial charge in [-0.25, -0.2) is 8.78 Å². The van der Waals surface area contributed by atoms with Crippen LogP contribution in [0.5, 0.6) is 0 Å². The molecule has 136 valence electrons. The van der Waals surface area contributed by atoms with E-state index in [4.69, 9.17) is 5.26 Å². The summed E-state index contributed by atoms with van der Waals surface area (Å²) in [5, 5.41) is 9.59. The van der Waals surface area contributed by atoms with Crippen LogP contribution in [0, 0.1) is 23.0 Å². The Morgan fingerprint density at radius 1 is 0.750 bits per heavy atom. The normalized spacial score (nSPS) is 10.8. The maximum atomic E-state index is 14.3. The van der Waals surface area contributed by atoms with Crippen molar-refractivity contribution in [3.63, 3.8) is 0 Å². The standard InChI is InChI=1S/C25H17F2N/c1-2-16-3-5-17(6-4-16)18-7-9-19(10-8-18)20-11-12-22-21(13-20)14-24(26)23(15-28)25(22)27/h3-14H,2H2,1H3. The number of fused-ring (bicyclic) bond motifs is 1. The number of nitriles is 1. The van der Waals surface area contributed by atoms with Crippen LogP contribution in [0.25, 0.3) is 33.0 Å². The lowest BCUT2D eigenvalue weighted by molar-refractivity contribution is 0.585. The second-order valence-corrected chi connectivity index (χ2v) is 6.72. The molecule has 4 aromatic rings. The molecule has 0 unspecified atom stereocenters. The molecular formula is C25H17F2N. The van der Waals surface area contributed by atoms with Crippen LogP contribution < -0.4 is 0 Å². The first-order chi connectivity index (χ1) is 13.6. The van der Waals surface area contributed by atoms with Crippen molar-refractivity contribution >= 4 is 10.8 Å². The average molecular weight is 369 g/mol. The van der Waals surface area contributed by atoms with Gasteiger partial charge in [0.25, 0.3) is 0 Å². The Kier molecular flexibility index (Phi) is 4.63. The topological polar surface area (TPSA) is 23.8 Å². The van der Waals surface area contributed by atoms with Crippen molar-refractivity contribution in [1.29, 1.82) is 5.26 Å². The summed E-state index contributed by atoms with van der Waals surface area (Å²) in [5.41, 5.74) is 4.84. The quantitative estimate of drug-likeness (QED) is 0.386. The lowest BCUT2D eigenvalue weighted by Gasteiger charge is -2.08. The molecule has 0 amide bonds. The highest BCUT2D eigenvalue weighted by Crippen LogP contribution is 2.30. The number of halogens is 2. The predicted molar refractivity (Wildman–Crippen MR) is 109 cm³/mol. The van der Waals surface area contributed by atoms with Gasteiger partial charge in [0.15, 0.2) is 5.82 Å². The highest BCUT2D eigenvalue weighted by atomic mass is 19.1. The molecule has 0 N–H and O–H groups in total. The number of aryl methyl sites for hydroxylation is 1. The Labute approximate surface area is 162 Å². The van der Waals surface area contributed by atoms with E-state index in [9.17, 15) is 8.78 Å². The van der Waals surface area contributed by atoms with Crippen LogP contribution >= 0.6 is 0 Å². The van der Waals surface area contributed by atoms with Gasteiger partial charge in [0.05, 0.1) is 0 Å². The van der Waals surface area contributed by atoms with E-state index in [0.717, 1.165) is 28.7 Å². The Morgan fingerprint density at radius 2 is 1.29 bits per heavy atom. The molecule has 28 heavy (non-hydrogen) atoms. The number of hydrogen-bond donors (Lipinski definition) is 0.